The first kappa shape index (κ1) is 26.4. The largest absolute Gasteiger partial charge is 0.460 e. The molecule has 12 heteroatoms. The SMILES string of the molecule is C/C=C/C(=O)OC[C@H]1O[C@@H](N2CC(Cl)C(O)NC2=O)[C@@H](OC(=O)/C=C/C)[C@@H]1OC(=O)/C=C/C. The zero-order valence-corrected chi connectivity index (χ0v) is 19.1. The number of alkyl halides is 1. The minimum absolute atomic E-state index is 0.155. The fourth-order valence-electron chi connectivity index (χ4n) is 3.22. The molecule has 0 aromatic rings. The van der Waals surface area contributed by atoms with Crippen LogP contribution >= 0.6 is 11.6 Å². The summed E-state index contributed by atoms with van der Waals surface area (Å²) < 4.78 is 21.9. The van der Waals surface area contributed by atoms with Gasteiger partial charge in [-0.3, -0.25) is 4.90 Å². The van der Waals surface area contributed by atoms with E-state index in [1.54, 1.807) is 20.8 Å². The highest BCUT2D eigenvalue weighted by atomic mass is 35.5. The molecular formula is C21H27ClN2O9. The highest BCUT2D eigenvalue weighted by Gasteiger charge is 2.54. The van der Waals surface area contributed by atoms with Gasteiger partial charge in [0.25, 0.3) is 0 Å². The molecule has 2 rings (SSSR count). The number of carbonyl (C=O) groups excluding carboxylic acids is 4. The smallest absolute Gasteiger partial charge is 0.330 e. The Morgan fingerprint density at radius 1 is 1.06 bits per heavy atom. The highest BCUT2D eigenvalue weighted by Crippen LogP contribution is 2.31. The molecule has 0 radical (unpaired) electrons. The Morgan fingerprint density at radius 3 is 2.18 bits per heavy atom. The van der Waals surface area contributed by atoms with Crippen LogP contribution in [0.1, 0.15) is 20.8 Å². The molecule has 33 heavy (non-hydrogen) atoms. The normalized spacial score (nSPS) is 30.1. The summed E-state index contributed by atoms with van der Waals surface area (Å²) in [5.41, 5.74) is 0. The molecule has 2 unspecified atom stereocenters. The van der Waals surface area contributed by atoms with E-state index in [-0.39, 0.29) is 13.2 Å². The van der Waals surface area contributed by atoms with Crippen LogP contribution < -0.4 is 5.32 Å². The van der Waals surface area contributed by atoms with Crippen molar-refractivity contribution >= 4 is 35.5 Å². The van der Waals surface area contributed by atoms with Crippen LogP contribution in [0.2, 0.25) is 0 Å². The third-order valence-electron chi connectivity index (χ3n) is 4.64. The van der Waals surface area contributed by atoms with E-state index in [0.29, 0.717) is 0 Å². The van der Waals surface area contributed by atoms with Crippen LogP contribution in [0.3, 0.4) is 0 Å². The van der Waals surface area contributed by atoms with Gasteiger partial charge in [-0.25, -0.2) is 19.2 Å². The number of urea groups is 1. The van der Waals surface area contributed by atoms with Crippen LogP contribution in [0.4, 0.5) is 4.79 Å². The maximum atomic E-state index is 12.5. The molecule has 2 saturated heterocycles. The Hall–Kier alpha value is -2.89. The third kappa shape index (κ3) is 7.04. The van der Waals surface area contributed by atoms with E-state index in [1.165, 1.54) is 24.3 Å². The van der Waals surface area contributed by atoms with Crippen molar-refractivity contribution in [1.29, 1.82) is 0 Å². The minimum atomic E-state index is -1.29. The molecule has 0 spiro atoms. The van der Waals surface area contributed by atoms with Crippen molar-refractivity contribution in [2.75, 3.05) is 13.2 Å². The summed E-state index contributed by atoms with van der Waals surface area (Å²) in [6.45, 7) is 4.34. The van der Waals surface area contributed by atoms with Crippen molar-refractivity contribution in [3.8, 4) is 0 Å². The van der Waals surface area contributed by atoms with Crippen LogP contribution in [0.25, 0.3) is 0 Å². The van der Waals surface area contributed by atoms with Gasteiger partial charge in [-0.2, -0.15) is 0 Å². The number of carbonyl (C=O) groups is 4. The van der Waals surface area contributed by atoms with Gasteiger partial charge in [0.05, 0.1) is 5.38 Å². The molecule has 0 saturated carbocycles. The molecule has 182 valence electrons. The van der Waals surface area contributed by atoms with Crippen LogP contribution in [-0.4, -0.2) is 83.2 Å². The Bertz CT molecular complexity index is 829. The Labute approximate surface area is 195 Å². The average Bonchev–Trinajstić information content (AvgIpc) is 3.06. The zero-order valence-electron chi connectivity index (χ0n) is 18.4. The van der Waals surface area contributed by atoms with Gasteiger partial charge in [0.1, 0.15) is 18.9 Å². The van der Waals surface area contributed by atoms with Gasteiger partial charge in [-0.15, -0.1) is 11.6 Å². The topological polar surface area (TPSA) is 141 Å². The third-order valence-corrected chi connectivity index (χ3v) is 5.02. The van der Waals surface area contributed by atoms with Gasteiger partial charge in [-0.05, 0) is 20.8 Å². The maximum Gasteiger partial charge on any atom is 0.330 e. The van der Waals surface area contributed by atoms with Crippen LogP contribution in [0.15, 0.2) is 36.5 Å². The zero-order chi connectivity index (χ0) is 24.5. The predicted molar refractivity (Wildman–Crippen MR) is 115 cm³/mol. The molecule has 2 amide bonds. The number of allylic oxidation sites excluding steroid dienone is 3. The summed E-state index contributed by atoms with van der Waals surface area (Å²) in [5, 5.41) is 11.2. The molecule has 11 nitrogen and oxygen atoms in total. The summed E-state index contributed by atoms with van der Waals surface area (Å²) in [4.78, 5) is 49.9. The van der Waals surface area contributed by atoms with E-state index in [1.807, 2.05) is 0 Å². The maximum absolute atomic E-state index is 12.5. The molecular weight excluding hydrogens is 460 g/mol. The van der Waals surface area contributed by atoms with Gasteiger partial charge in [-0.1, -0.05) is 18.2 Å². The summed E-state index contributed by atoms with van der Waals surface area (Å²) in [6.07, 6.45) is 1.75. The van der Waals surface area contributed by atoms with Crippen molar-refractivity contribution in [1.82, 2.24) is 10.2 Å². The summed E-state index contributed by atoms with van der Waals surface area (Å²) >= 11 is 6.09. The van der Waals surface area contributed by atoms with Gasteiger partial charge < -0.3 is 29.4 Å². The number of aliphatic hydroxyl groups is 1. The monoisotopic (exact) mass is 486 g/mol. The summed E-state index contributed by atoms with van der Waals surface area (Å²) in [6, 6.07) is -0.735. The van der Waals surface area contributed by atoms with Crippen molar-refractivity contribution in [2.45, 2.75) is 56.9 Å². The lowest BCUT2D eigenvalue weighted by Gasteiger charge is -2.38. The molecule has 0 bridgehead atoms. The van der Waals surface area contributed by atoms with E-state index < -0.39 is 60.1 Å². The lowest BCUT2D eigenvalue weighted by molar-refractivity contribution is -0.163. The number of hydrogen-bond acceptors (Lipinski definition) is 9. The lowest BCUT2D eigenvalue weighted by Crippen LogP contribution is -2.62. The molecule has 2 aliphatic heterocycles. The number of amides is 2. The van der Waals surface area contributed by atoms with E-state index >= 15 is 0 Å². The molecule has 6 atom stereocenters. The number of halogens is 1. The summed E-state index contributed by atoms with van der Waals surface area (Å²) in [5.74, 6) is -2.18. The first-order valence-electron chi connectivity index (χ1n) is 10.2. The number of rotatable bonds is 8. The lowest BCUT2D eigenvalue weighted by atomic mass is 10.1. The number of ether oxygens (including phenoxy) is 4. The van der Waals surface area contributed by atoms with E-state index in [4.69, 9.17) is 30.5 Å². The molecule has 0 aromatic heterocycles. The number of hydrogen-bond donors (Lipinski definition) is 2. The molecule has 2 aliphatic rings. The number of esters is 3. The minimum Gasteiger partial charge on any atom is -0.460 e. The highest BCUT2D eigenvalue weighted by molar-refractivity contribution is 6.21. The van der Waals surface area contributed by atoms with Crippen molar-refractivity contribution < 1.29 is 43.2 Å². The number of nitrogens with one attached hydrogen (secondary N) is 1. The van der Waals surface area contributed by atoms with E-state index in [9.17, 15) is 24.3 Å². The first-order chi connectivity index (χ1) is 15.7. The molecule has 0 aliphatic carbocycles. The van der Waals surface area contributed by atoms with Gasteiger partial charge >= 0.3 is 23.9 Å². The van der Waals surface area contributed by atoms with E-state index in [2.05, 4.69) is 5.32 Å². The van der Waals surface area contributed by atoms with Crippen LogP contribution in [0.5, 0.6) is 0 Å². The second-order valence-corrected chi connectivity index (χ2v) is 7.62. The molecule has 2 heterocycles. The van der Waals surface area contributed by atoms with Crippen molar-refractivity contribution in [2.24, 2.45) is 0 Å². The standard InChI is InChI=1S/C21H27ClN2O9/c1-4-7-14(25)30-11-13-17(32-15(26)8-5-2)18(33-16(27)9-6-3)20(31-13)24-10-12(22)19(28)23-21(24)29/h4-9,12-13,17-20,28H,10-11H2,1-3H3,(H,23,29)/b7-4+,8-5+,9-6+/t12?,13-,17-,18+,19?,20-/m1/s1. The molecule has 2 N–H and O–H groups in total. The van der Waals surface area contributed by atoms with Crippen LogP contribution in [-0.2, 0) is 33.3 Å². The number of nitrogens with zero attached hydrogens (tertiary/aromatic N) is 1. The first-order valence-corrected chi connectivity index (χ1v) is 10.7. The second-order valence-electron chi connectivity index (χ2n) is 7.06. The van der Waals surface area contributed by atoms with E-state index in [0.717, 1.165) is 17.1 Å². The second kappa shape index (κ2) is 12.4. The molecule has 2 fully saturated rings. The van der Waals surface area contributed by atoms with Crippen molar-refractivity contribution in [3.63, 3.8) is 0 Å². The van der Waals surface area contributed by atoms with Crippen molar-refractivity contribution in [3.05, 3.63) is 36.5 Å². The fraction of sp³-hybridized carbons (Fsp3) is 0.524. The molecule has 0 aromatic carbocycles. The summed E-state index contributed by atoms with van der Waals surface area (Å²) in [7, 11) is 0. The Balaban J connectivity index is 2.37. The van der Waals surface area contributed by atoms with Gasteiger partial charge in [0, 0.05) is 24.8 Å². The Morgan fingerprint density at radius 2 is 1.61 bits per heavy atom. The van der Waals surface area contributed by atoms with Gasteiger partial charge in [0.2, 0.25) is 0 Å². The Kier molecular flexibility index (Phi) is 9.89. The predicted octanol–water partition coefficient (Wildman–Crippen LogP) is 0.757. The average molecular weight is 487 g/mol. The van der Waals surface area contributed by atoms with Crippen LogP contribution in [0, 0.1) is 0 Å². The quantitative estimate of drug-likeness (QED) is 0.220. The fourth-order valence-corrected chi connectivity index (χ4v) is 3.43. The van der Waals surface area contributed by atoms with Gasteiger partial charge in [0.15, 0.2) is 18.4 Å². The number of aliphatic hydroxyl groups excluding tert-OH is 1.